The van der Waals surface area contributed by atoms with E-state index in [2.05, 4.69) is 25.7 Å². The number of alkyl halides is 3. The van der Waals surface area contributed by atoms with Crippen molar-refractivity contribution in [2.24, 2.45) is 0 Å². The van der Waals surface area contributed by atoms with Crippen molar-refractivity contribution in [3.8, 4) is 5.75 Å². The minimum Gasteiger partial charge on any atom is -0.406 e. The van der Waals surface area contributed by atoms with Crippen LogP contribution < -0.4 is 15.4 Å². The summed E-state index contributed by atoms with van der Waals surface area (Å²) in [6, 6.07) is 5.25. The van der Waals surface area contributed by atoms with Crippen LogP contribution >= 0.6 is 0 Å². The lowest BCUT2D eigenvalue weighted by Gasteiger charge is -2.23. The van der Waals surface area contributed by atoms with Crippen LogP contribution in [0.4, 0.5) is 18.9 Å². The number of nitrogens with zero attached hydrogens (tertiary/aromatic N) is 3. The molecule has 1 aromatic heterocycles. The van der Waals surface area contributed by atoms with E-state index in [9.17, 15) is 18.0 Å². The average Bonchev–Trinajstić information content (AvgIpc) is 2.96. The second kappa shape index (κ2) is 7.32. The Labute approximate surface area is 147 Å². The summed E-state index contributed by atoms with van der Waals surface area (Å²) in [5.74, 6) is -0.947. The highest BCUT2D eigenvalue weighted by Crippen LogP contribution is 2.26. The van der Waals surface area contributed by atoms with Crippen LogP contribution in [0.2, 0.25) is 0 Å². The largest absolute Gasteiger partial charge is 0.573 e. The Morgan fingerprint density at radius 3 is 2.77 bits per heavy atom. The van der Waals surface area contributed by atoms with Gasteiger partial charge in [0.25, 0.3) is 5.91 Å². The van der Waals surface area contributed by atoms with Gasteiger partial charge in [0.2, 0.25) is 0 Å². The molecule has 1 aliphatic heterocycles. The number of hydrogen-bond acceptors (Lipinski definition) is 5. The SMILES string of the molecule is Cc1c(C(=O)Nc2cccc(OC(F)(F)F)c2)nnn1C1CCNCC1. The maximum Gasteiger partial charge on any atom is 0.573 e. The molecule has 2 N–H and O–H groups in total. The fourth-order valence-corrected chi connectivity index (χ4v) is 2.91. The maximum absolute atomic E-state index is 12.4. The van der Waals surface area contributed by atoms with Crippen molar-refractivity contribution in [1.82, 2.24) is 20.3 Å². The molecule has 1 amide bonds. The number of ether oxygens (including phenoxy) is 1. The summed E-state index contributed by atoms with van der Waals surface area (Å²) < 4.78 is 42.5. The highest BCUT2D eigenvalue weighted by Gasteiger charge is 2.31. The van der Waals surface area contributed by atoms with Crippen LogP contribution in [0.15, 0.2) is 24.3 Å². The van der Waals surface area contributed by atoms with E-state index < -0.39 is 18.0 Å². The highest BCUT2D eigenvalue weighted by molar-refractivity contribution is 6.03. The number of carbonyl (C=O) groups is 1. The second-order valence-corrected chi connectivity index (χ2v) is 5.98. The van der Waals surface area contributed by atoms with Crippen molar-refractivity contribution in [2.75, 3.05) is 18.4 Å². The van der Waals surface area contributed by atoms with E-state index in [1.165, 1.54) is 12.1 Å². The molecule has 10 heteroatoms. The minimum atomic E-state index is -4.79. The molecule has 2 aromatic rings. The molecule has 140 valence electrons. The van der Waals surface area contributed by atoms with Crippen molar-refractivity contribution in [1.29, 1.82) is 0 Å². The zero-order valence-corrected chi connectivity index (χ0v) is 14.0. The van der Waals surface area contributed by atoms with E-state index in [-0.39, 0.29) is 17.4 Å². The number of nitrogens with one attached hydrogen (secondary N) is 2. The molecule has 7 nitrogen and oxygen atoms in total. The Kier molecular flexibility index (Phi) is 5.12. The van der Waals surface area contributed by atoms with Gasteiger partial charge in [-0.3, -0.25) is 4.79 Å². The Balaban J connectivity index is 1.72. The fraction of sp³-hybridized carbons (Fsp3) is 0.438. The maximum atomic E-state index is 12.4. The third-order valence-electron chi connectivity index (χ3n) is 4.12. The lowest BCUT2D eigenvalue weighted by molar-refractivity contribution is -0.274. The van der Waals surface area contributed by atoms with Gasteiger partial charge >= 0.3 is 6.36 Å². The molecule has 0 aliphatic carbocycles. The Morgan fingerprint density at radius 1 is 1.35 bits per heavy atom. The lowest BCUT2D eigenvalue weighted by atomic mass is 10.1. The van der Waals surface area contributed by atoms with Gasteiger partial charge < -0.3 is 15.4 Å². The zero-order chi connectivity index (χ0) is 18.7. The predicted molar refractivity (Wildman–Crippen MR) is 87.0 cm³/mol. The molecule has 3 rings (SSSR count). The van der Waals surface area contributed by atoms with Gasteiger partial charge in [-0.1, -0.05) is 11.3 Å². The summed E-state index contributed by atoms with van der Waals surface area (Å²) in [6.07, 6.45) is -3.01. The number of anilines is 1. The Bertz CT molecular complexity index is 784. The van der Waals surface area contributed by atoms with E-state index in [1.807, 2.05) is 0 Å². The number of hydrogen-bond donors (Lipinski definition) is 2. The summed E-state index contributed by atoms with van der Waals surface area (Å²) >= 11 is 0. The van der Waals surface area contributed by atoms with Crippen molar-refractivity contribution in [3.05, 3.63) is 35.7 Å². The predicted octanol–water partition coefficient (Wildman–Crippen LogP) is 2.66. The van der Waals surface area contributed by atoms with Gasteiger partial charge in [-0.2, -0.15) is 0 Å². The Hall–Kier alpha value is -2.62. The molecule has 1 aliphatic rings. The second-order valence-electron chi connectivity index (χ2n) is 5.98. The van der Waals surface area contributed by atoms with Crippen LogP contribution in [0.3, 0.4) is 0 Å². The molecule has 0 atom stereocenters. The van der Waals surface area contributed by atoms with E-state index in [0.29, 0.717) is 5.69 Å². The molecular weight excluding hydrogens is 351 g/mol. The first-order valence-corrected chi connectivity index (χ1v) is 8.13. The summed E-state index contributed by atoms with van der Waals surface area (Å²) in [4.78, 5) is 12.4. The highest BCUT2D eigenvalue weighted by atomic mass is 19.4. The number of aromatic nitrogens is 3. The number of halogens is 3. The Morgan fingerprint density at radius 2 is 2.08 bits per heavy atom. The zero-order valence-electron chi connectivity index (χ0n) is 14.0. The van der Waals surface area contributed by atoms with Gasteiger partial charge in [-0.05, 0) is 45.0 Å². The number of benzene rings is 1. The molecule has 1 fully saturated rings. The molecule has 0 spiro atoms. The molecule has 0 radical (unpaired) electrons. The van der Waals surface area contributed by atoms with Crippen LogP contribution in [0, 0.1) is 6.92 Å². The number of rotatable bonds is 4. The summed E-state index contributed by atoms with van der Waals surface area (Å²) in [6.45, 7) is 3.50. The van der Waals surface area contributed by atoms with Crippen molar-refractivity contribution in [3.63, 3.8) is 0 Å². The third-order valence-corrected chi connectivity index (χ3v) is 4.12. The molecule has 26 heavy (non-hydrogen) atoms. The summed E-state index contributed by atoms with van der Waals surface area (Å²) in [5, 5.41) is 13.8. The van der Waals surface area contributed by atoms with E-state index in [1.54, 1.807) is 11.6 Å². The van der Waals surface area contributed by atoms with Crippen molar-refractivity contribution < 1.29 is 22.7 Å². The average molecular weight is 369 g/mol. The van der Waals surface area contributed by atoms with Gasteiger partial charge in [-0.15, -0.1) is 18.3 Å². The minimum absolute atomic E-state index is 0.144. The van der Waals surface area contributed by atoms with E-state index in [0.717, 1.165) is 38.1 Å². The smallest absolute Gasteiger partial charge is 0.406 e. The van der Waals surface area contributed by atoms with Crippen molar-refractivity contribution in [2.45, 2.75) is 32.2 Å². The first-order valence-electron chi connectivity index (χ1n) is 8.13. The molecule has 2 heterocycles. The van der Waals surface area contributed by atoms with Crippen LogP contribution in [-0.2, 0) is 0 Å². The van der Waals surface area contributed by atoms with Crippen molar-refractivity contribution >= 4 is 11.6 Å². The summed E-state index contributed by atoms with van der Waals surface area (Å²) in [7, 11) is 0. The normalized spacial score (nSPS) is 15.7. The van der Waals surface area contributed by atoms with E-state index in [4.69, 9.17) is 0 Å². The first-order chi connectivity index (χ1) is 12.3. The van der Waals surface area contributed by atoms with Gasteiger partial charge in [0.15, 0.2) is 5.69 Å². The number of piperidine rings is 1. The first kappa shape index (κ1) is 18.2. The van der Waals surface area contributed by atoms with E-state index >= 15 is 0 Å². The van der Waals surface area contributed by atoms with Crippen LogP contribution in [-0.4, -0.2) is 40.4 Å². The number of amides is 1. The van der Waals surface area contributed by atoms with Gasteiger partial charge in [-0.25, -0.2) is 4.68 Å². The van der Waals surface area contributed by atoms with Crippen LogP contribution in [0.25, 0.3) is 0 Å². The fourth-order valence-electron chi connectivity index (χ4n) is 2.91. The summed E-state index contributed by atoms with van der Waals surface area (Å²) in [5.41, 5.74) is 0.940. The molecule has 1 saturated heterocycles. The van der Waals surface area contributed by atoms with Crippen LogP contribution in [0.1, 0.15) is 35.1 Å². The molecule has 0 bridgehead atoms. The topological polar surface area (TPSA) is 81.1 Å². The van der Waals surface area contributed by atoms with Gasteiger partial charge in [0, 0.05) is 11.8 Å². The monoisotopic (exact) mass is 369 g/mol. The van der Waals surface area contributed by atoms with Crippen LogP contribution in [0.5, 0.6) is 5.75 Å². The molecule has 0 saturated carbocycles. The number of carbonyl (C=O) groups excluding carboxylic acids is 1. The third kappa shape index (κ3) is 4.31. The van der Waals surface area contributed by atoms with Gasteiger partial charge in [0.05, 0.1) is 11.7 Å². The standard InChI is InChI=1S/C16H18F3N5O2/c1-10-14(22-23-24(10)12-5-7-20-8-6-12)15(25)21-11-3-2-4-13(9-11)26-16(17,18)19/h2-4,9,12,20H,5-8H2,1H3,(H,21,25). The lowest BCUT2D eigenvalue weighted by Crippen LogP contribution is -2.30. The molecule has 0 unspecified atom stereocenters. The quantitative estimate of drug-likeness (QED) is 0.866. The van der Waals surface area contributed by atoms with Gasteiger partial charge in [0.1, 0.15) is 5.75 Å². The molecular formula is C16H18F3N5O2. The molecule has 1 aromatic carbocycles.